The minimum Gasteiger partial charge on any atom is -0.466 e. The van der Waals surface area contributed by atoms with E-state index >= 15 is 0 Å². The molecule has 0 radical (unpaired) electrons. The number of nitrogens with one attached hydrogen (secondary N) is 1. The third kappa shape index (κ3) is 4.51. The second-order valence-electron chi connectivity index (χ2n) is 10.3. The third-order valence-corrected chi connectivity index (χ3v) is 6.67. The third-order valence-electron chi connectivity index (χ3n) is 6.67. The summed E-state index contributed by atoms with van der Waals surface area (Å²) in [5.41, 5.74) is 4.05. The number of anilines is 1. The Labute approximate surface area is 210 Å². The fourth-order valence-corrected chi connectivity index (χ4v) is 4.62. The van der Waals surface area contributed by atoms with Crippen LogP contribution in [0.2, 0.25) is 0 Å². The minimum atomic E-state index is -0.555. The van der Waals surface area contributed by atoms with Crippen molar-refractivity contribution in [3.8, 4) is 28.3 Å². The first-order valence-corrected chi connectivity index (χ1v) is 12.1. The van der Waals surface area contributed by atoms with E-state index in [0.29, 0.717) is 11.6 Å². The normalized spacial score (nSPS) is 16.4. The van der Waals surface area contributed by atoms with Crippen molar-refractivity contribution in [1.29, 1.82) is 0 Å². The van der Waals surface area contributed by atoms with Gasteiger partial charge in [-0.25, -0.2) is 9.78 Å². The predicted molar refractivity (Wildman–Crippen MR) is 137 cm³/mol. The van der Waals surface area contributed by atoms with Gasteiger partial charge >= 0.3 is 6.09 Å². The van der Waals surface area contributed by atoms with Crippen LogP contribution >= 0.6 is 0 Å². The Kier molecular flexibility index (Phi) is 5.90. The van der Waals surface area contributed by atoms with Gasteiger partial charge in [-0.2, -0.15) is 0 Å². The van der Waals surface area contributed by atoms with E-state index in [2.05, 4.69) is 10.3 Å². The van der Waals surface area contributed by atoms with Crippen LogP contribution in [0.3, 0.4) is 0 Å². The Morgan fingerprint density at radius 3 is 2.50 bits per heavy atom. The Morgan fingerprint density at radius 2 is 1.89 bits per heavy atom. The molecule has 1 fully saturated rings. The number of alkyl carbamates (subject to hydrolysis) is 1. The van der Waals surface area contributed by atoms with Crippen molar-refractivity contribution in [2.24, 2.45) is 0 Å². The molecule has 0 bridgehead atoms. The summed E-state index contributed by atoms with van der Waals surface area (Å²) in [5, 5.41) is 3.11. The van der Waals surface area contributed by atoms with Crippen molar-refractivity contribution < 1.29 is 19.1 Å². The summed E-state index contributed by atoms with van der Waals surface area (Å²) in [7, 11) is 1.72. The van der Waals surface area contributed by atoms with Crippen LogP contribution in [0.4, 0.5) is 10.5 Å². The van der Waals surface area contributed by atoms with Crippen molar-refractivity contribution >= 4 is 17.7 Å². The number of aromatic nitrogens is 2. The summed E-state index contributed by atoms with van der Waals surface area (Å²) in [6.45, 7) is 5.53. The highest BCUT2D eigenvalue weighted by molar-refractivity contribution is 5.98. The molecule has 0 unspecified atom stereocenters. The number of nitrogens with zero attached hydrogens (tertiary/aromatic N) is 3. The van der Waals surface area contributed by atoms with Crippen LogP contribution in [-0.2, 0) is 15.1 Å². The van der Waals surface area contributed by atoms with Gasteiger partial charge in [-0.1, -0.05) is 30.3 Å². The zero-order chi connectivity index (χ0) is 25.5. The van der Waals surface area contributed by atoms with Gasteiger partial charge in [-0.05, 0) is 57.7 Å². The van der Waals surface area contributed by atoms with Gasteiger partial charge in [-0.15, -0.1) is 0 Å². The Bertz CT molecular complexity index is 1300. The molecule has 36 heavy (non-hydrogen) atoms. The van der Waals surface area contributed by atoms with E-state index in [9.17, 15) is 9.59 Å². The molecule has 8 heteroatoms. The van der Waals surface area contributed by atoms with Crippen LogP contribution in [0.5, 0.6) is 5.88 Å². The van der Waals surface area contributed by atoms with Crippen LogP contribution in [-0.4, -0.2) is 41.2 Å². The molecule has 186 valence electrons. The first kappa shape index (κ1) is 23.8. The maximum absolute atomic E-state index is 12.5. The highest BCUT2D eigenvalue weighted by atomic mass is 16.6. The van der Waals surface area contributed by atoms with Crippen molar-refractivity contribution in [2.45, 2.75) is 51.2 Å². The number of likely N-dealkylation sites (N-methyl/N-ethyl adjacent to an activating group) is 1. The van der Waals surface area contributed by atoms with E-state index in [1.165, 1.54) is 0 Å². The van der Waals surface area contributed by atoms with Crippen LogP contribution < -0.4 is 15.0 Å². The fraction of sp³-hybridized carbons (Fsp3) is 0.357. The summed E-state index contributed by atoms with van der Waals surface area (Å²) in [6.07, 6.45) is 5.85. The molecule has 1 aromatic carbocycles. The molecule has 1 saturated carbocycles. The predicted octanol–water partition coefficient (Wildman–Crippen LogP) is 5.07. The van der Waals surface area contributed by atoms with Gasteiger partial charge in [-0.3, -0.25) is 9.78 Å². The summed E-state index contributed by atoms with van der Waals surface area (Å²) in [4.78, 5) is 35.4. The lowest BCUT2D eigenvalue weighted by molar-refractivity contribution is -0.121. The second kappa shape index (κ2) is 8.93. The summed E-state index contributed by atoms with van der Waals surface area (Å²) in [6, 6.07) is 13.9. The van der Waals surface area contributed by atoms with Crippen LogP contribution in [0, 0.1) is 0 Å². The standard InChI is InChI=1S/C28H30N4O4/c1-27(2,3)36-26(34)31-28(12-6-13-28)20-10-8-18(9-11-20)24-21(19-7-5-14-29-16-19)15-22-25(30-24)35-17-23(33)32(22)4/h5,7-11,14-16H,6,12-13,17H2,1-4H3,(H,31,34). The van der Waals surface area contributed by atoms with Crippen molar-refractivity contribution in [3.05, 3.63) is 60.4 Å². The number of rotatable bonds is 4. The minimum absolute atomic E-state index is 0.0417. The molecule has 3 aromatic rings. The summed E-state index contributed by atoms with van der Waals surface area (Å²) >= 11 is 0. The molecular weight excluding hydrogens is 456 g/mol. The smallest absolute Gasteiger partial charge is 0.408 e. The van der Waals surface area contributed by atoms with Gasteiger partial charge in [0.2, 0.25) is 5.88 Å². The Balaban J connectivity index is 1.51. The lowest BCUT2D eigenvalue weighted by Crippen LogP contribution is -2.52. The maximum Gasteiger partial charge on any atom is 0.408 e. The SMILES string of the molecule is CN1C(=O)COc2nc(-c3ccc(C4(NC(=O)OC(C)(C)C)CCC4)cc3)c(-c3cccnc3)cc21. The molecule has 0 saturated heterocycles. The van der Waals surface area contributed by atoms with E-state index in [4.69, 9.17) is 14.5 Å². The van der Waals surface area contributed by atoms with Crippen molar-refractivity contribution in [3.63, 3.8) is 0 Å². The Morgan fingerprint density at radius 1 is 1.14 bits per heavy atom. The molecule has 2 aliphatic rings. The number of amides is 2. The molecule has 1 aliphatic heterocycles. The first-order valence-electron chi connectivity index (χ1n) is 12.1. The maximum atomic E-state index is 12.5. The lowest BCUT2D eigenvalue weighted by atomic mass is 9.71. The fourth-order valence-electron chi connectivity index (χ4n) is 4.62. The molecule has 5 rings (SSSR count). The Hall–Kier alpha value is -3.94. The second-order valence-corrected chi connectivity index (χ2v) is 10.3. The van der Waals surface area contributed by atoms with Gasteiger partial charge < -0.3 is 19.7 Å². The average Bonchev–Trinajstić information content (AvgIpc) is 2.83. The summed E-state index contributed by atoms with van der Waals surface area (Å²) in [5.74, 6) is 0.299. The summed E-state index contributed by atoms with van der Waals surface area (Å²) < 4.78 is 11.2. The van der Waals surface area contributed by atoms with Crippen LogP contribution in [0.1, 0.15) is 45.6 Å². The molecular formula is C28H30N4O4. The number of pyridine rings is 2. The quantitative estimate of drug-likeness (QED) is 0.553. The number of fused-ring (bicyclic) bond motifs is 1. The van der Waals surface area contributed by atoms with E-state index in [-0.39, 0.29) is 12.5 Å². The average molecular weight is 487 g/mol. The van der Waals surface area contributed by atoms with Gasteiger partial charge in [0.25, 0.3) is 5.91 Å². The zero-order valence-electron chi connectivity index (χ0n) is 21.0. The molecule has 3 heterocycles. The lowest BCUT2D eigenvalue weighted by Gasteiger charge is -2.43. The highest BCUT2D eigenvalue weighted by Crippen LogP contribution is 2.43. The van der Waals surface area contributed by atoms with Crippen LogP contribution in [0.15, 0.2) is 54.9 Å². The van der Waals surface area contributed by atoms with E-state index in [1.807, 2.05) is 63.2 Å². The first-order chi connectivity index (χ1) is 17.2. The van der Waals surface area contributed by atoms with E-state index in [0.717, 1.165) is 47.2 Å². The van der Waals surface area contributed by atoms with Crippen LogP contribution in [0.25, 0.3) is 22.4 Å². The van der Waals surface area contributed by atoms with Gasteiger partial charge in [0.05, 0.1) is 11.2 Å². The topological polar surface area (TPSA) is 93.7 Å². The molecule has 2 amide bonds. The molecule has 2 aromatic heterocycles. The zero-order valence-corrected chi connectivity index (χ0v) is 21.0. The van der Waals surface area contributed by atoms with E-state index in [1.54, 1.807) is 24.3 Å². The number of carbonyl (C=O) groups excluding carboxylic acids is 2. The number of hydrogen-bond donors (Lipinski definition) is 1. The molecule has 1 aliphatic carbocycles. The van der Waals surface area contributed by atoms with Crippen molar-refractivity contribution in [2.75, 3.05) is 18.6 Å². The van der Waals surface area contributed by atoms with Gasteiger partial charge in [0.1, 0.15) is 11.3 Å². The monoisotopic (exact) mass is 486 g/mol. The molecule has 1 N–H and O–H groups in total. The largest absolute Gasteiger partial charge is 0.466 e. The number of hydrogen-bond acceptors (Lipinski definition) is 6. The van der Waals surface area contributed by atoms with Gasteiger partial charge in [0.15, 0.2) is 6.61 Å². The molecule has 0 atom stereocenters. The molecule has 0 spiro atoms. The number of benzene rings is 1. The van der Waals surface area contributed by atoms with E-state index < -0.39 is 17.2 Å². The van der Waals surface area contributed by atoms with Crippen molar-refractivity contribution in [1.82, 2.24) is 15.3 Å². The number of carbonyl (C=O) groups is 2. The molecule has 8 nitrogen and oxygen atoms in total. The number of ether oxygens (including phenoxy) is 2. The highest BCUT2D eigenvalue weighted by Gasteiger charge is 2.41. The van der Waals surface area contributed by atoms with Gasteiger partial charge in [0, 0.05) is 36.1 Å².